The SMILES string of the molecule is Cc1ccc(OCC(=O)NC(=S)NNC(=O)CCC(=O)Nc2ccc(C)c(C)c2)cc1. The fraction of sp³-hybridized carbons (Fsp3) is 0.273. The number of rotatable bonds is 7. The van der Waals surface area contributed by atoms with Crippen LogP contribution in [0.15, 0.2) is 42.5 Å². The molecular weight excluding hydrogens is 416 g/mol. The summed E-state index contributed by atoms with van der Waals surface area (Å²) in [4.78, 5) is 35.7. The van der Waals surface area contributed by atoms with Crippen LogP contribution in [-0.2, 0) is 14.4 Å². The van der Waals surface area contributed by atoms with Gasteiger partial charge in [0.05, 0.1) is 0 Å². The van der Waals surface area contributed by atoms with Crippen molar-refractivity contribution in [2.75, 3.05) is 11.9 Å². The molecule has 0 bridgehead atoms. The first-order valence-electron chi connectivity index (χ1n) is 9.68. The molecule has 9 heteroatoms. The van der Waals surface area contributed by atoms with Gasteiger partial charge in [-0.1, -0.05) is 23.8 Å². The molecule has 0 aliphatic heterocycles. The Hall–Kier alpha value is -3.46. The van der Waals surface area contributed by atoms with Crippen molar-refractivity contribution in [2.45, 2.75) is 33.6 Å². The predicted octanol–water partition coefficient (Wildman–Crippen LogP) is 2.43. The number of nitrogens with one attached hydrogen (secondary N) is 4. The molecule has 0 saturated carbocycles. The van der Waals surface area contributed by atoms with Gasteiger partial charge in [-0.3, -0.25) is 30.6 Å². The molecule has 3 amide bonds. The topological polar surface area (TPSA) is 109 Å². The highest BCUT2D eigenvalue weighted by atomic mass is 32.1. The molecule has 0 heterocycles. The largest absolute Gasteiger partial charge is 0.484 e. The number of anilines is 1. The van der Waals surface area contributed by atoms with Crippen molar-refractivity contribution in [1.82, 2.24) is 16.2 Å². The van der Waals surface area contributed by atoms with Crippen LogP contribution < -0.4 is 26.2 Å². The van der Waals surface area contributed by atoms with Crippen molar-refractivity contribution in [3.05, 3.63) is 59.2 Å². The van der Waals surface area contributed by atoms with E-state index in [4.69, 9.17) is 17.0 Å². The smallest absolute Gasteiger partial charge is 0.264 e. The van der Waals surface area contributed by atoms with Crippen LogP contribution in [0.4, 0.5) is 5.69 Å². The van der Waals surface area contributed by atoms with E-state index in [0.717, 1.165) is 16.7 Å². The number of carbonyl (C=O) groups is 3. The van der Waals surface area contributed by atoms with Gasteiger partial charge in [0, 0.05) is 18.5 Å². The summed E-state index contributed by atoms with van der Waals surface area (Å²) in [6.07, 6.45) is -0.0410. The van der Waals surface area contributed by atoms with Crippen LogP contribution in [0.1, 0.15) is 29.5 Å². The Labute approximate surface area is 186 Å². The van der Waals surface area contributed by atoms with Gasteiger partial charge >= 0.3 is 0 Å². The van der Waals surface area contributed by atoms with Gasteiger partial charge in [0.15, 0.2) is 11.7 Å². The predicted molar refractivity (Wildman–Crippen MR) is 122 cm³/mol. The lowest BCUT2D eigenvalue weighted by molar-refractivity contribution is -0.125. The van der Waals surface area contributed by atoms with Crippen LogP contribution in [0, 0.1) is 20.8 Å². The lowest BCUT2D eigenvalue weighted by Crippen LogP contribution is -2.49. The molecule has 0 radical (unpaired) electrons. The number of amides is 3. The first-order chi connectivity index (χ1) is 14.7. The standard InChI is InChI=1S/C22H26N4O4S/c1-14-4-8-18(9-5-14)30-13-21(29)24-22(31)26-25-20(28)11-10-19(27)23-17-7-6-15(2)16(3)12-17/h4-9,12H,10-11,13H2,1-3H3,(H,23,27)(H,25,28)(H2,24,26,29,31). The van der Waals surface area contributed by atoms with E-state index in [2.05, 4.69) is 21.5 Å². The van der Waals surface area contributed by atoms with Crippen LogP contribution in [0.25, 0.3) is 0 Å². The van der Waals surface area contributed by atoms with E-state index in [0.29, 0.717) is 11.4 Å². The van der Waals surface area contributed by atoms with Crippen LogP contribution in [0.5, 0.6) is 5.75 Å². The summed E-state index contributed by atoms with van der Waals surface area (Å²) < 4.78 is 5.35. The average Bonchev–Trinajstić information content (AvgIpc) is 2.73. The molecule has 0 unspecified atom stereocenters. The molecule has 8 nitrogen and oxygen atoms in total. The van der Waals surface area contributed by atoms with Crippen LogP contribution >= 0.6 is 12.2 Å². The number of benzene rings is 2. The summed E-state index contributed by atoms with van der Waals surface area (Å²) in [5.41, 5.74) is 8.73. The van der Waals surface area contributed by atoms with Gasteiger partial charge in [-0.05, 0) is 68.4 Å². The van der Waals surface area contributed by atoms with Gasteiger partial charge in [0.25, 0.3) is 5.91 Å². The summed E-state index contributed by atoms with van der Waals surface area (Å²) in [7, 11) is 0. The van der Waals surface area contributed by atoms with Crippen molar-refractivity contribution < 1.29 is 19.1 Å². The average molecular weight is 443 g/mol. The van der Waals surface area contributed by atoms with Gasteiger partial charge in [0.1, 0.15) is 5.75 Å². The van der Waals surface area contributed by atoms with E-state index >= 15 is 0 Å². The summed E-state index contributed by atoms with van der Waals surface area (Å²) >= 11 is 4.95. The minimum Gasteiger partial charge on any atom is -0.484 e. The van der Waals surface area contributed by atoms with Crippen molar-refractivity contribution in [1.29, 1.82) is 0 Å². The Kier molecular flexibility index (Phi) is 8.95. The summed E-state index contributed by atoms with van der Waals surface area (Å²) in [5.74, 6) is -0.627. The molecule has 0 aliphatic carbocycles. The maximum atomic E-state index is 12.0. The Morgan fingerprint density at radius 2 is 1.52 bits per heavy atom. The van der Waals surface area contributed by atoms with Gasteiger partial charge in [-0.2, -0.15) is 0 Å². The Morgan fingerprint density at radius 3 is 2.19 bits per heavy atom. The minimum absolute atomic E-state index is 0.00392. The lowest BCUT2D eigenvalue weighted by Gasteiger charge is -2.11. The van der Waals surface area contributed by atoms with Gasteiger partial charge in [-0.15, -0.1) is 0 Å². The van der Waals surface area contributed by atoms with E-state index in [1.165, 1.54) is 0 Å². The lowest BCUT2D eigenvalue weighted by atomic mass is 10.1. The molecule has 0 aliphatic rings. The quantitative estimate of drug-likeness (QED) is 0.387. The number of hydrazine groups is 1. The zero-order valence-corrected chi connectivity index (χ0v) is 18.5. The zero-order chi connectivity index (χ0) is 22.8. The van der Waals surface area contributed by atoms with Gasteiger partial charge < -0.3 is 10.1 Å². The van der Waals surface area contributed by atoms with E-state index in [-0.39, 0.29) is 30.5 Å². The van der Waals surface area contributed by atoms with Crippen molar-refractivity contribution in [3.63, 3.8) is 0 Å². The second kappa shape index (κ2) is 11.7. The van der Waals surface area contributed by atoms with E-state index in [1.807, 2.05) is 51.1 Å². The summed E-state index contributed by atoms with van der Waals surface area (Å²) in [6, 6.07) is 12.9. The minimum atomic E-state index is -0.472. The van der Waals surface area contributed by atoms with E-state index in [1.54, 1.807) is 12.1 Å². The highest BCUT2D eigenvalue weighted by Gasteiger charge is 2.10. The van der Waals surface area contributed by atoms with Gasteiger partial charge in [-0.25, -0.2) is 0 Å². The second-order valence-electron chi connectivity index (χ2n) is 7.00. The number of carbonyl (C=O) groups excluding carboxylic acids is 3. The molecule has 0 spiro atoms. The normalized spacial score (nSPS) is 10.0. The number of aryl methyl sites for hydroxylation is 3. The third-order valence-electron chi connectivity index (χ3n) is 4.33. The molecule has 2 aromatic rings. The number of hydrogen-bond acceptors (Lipinski definition) is 5. The fourth-order valence-corrected chi connectivity index (χ4v) is 2.60. The molecule has 2 aromatic carbocycles. The Balaban J connectivity index is 1.62. The summed E-state index contributed by atoms with van der Waals surface area (Å²) in [6.45, 7) is 5.67. The van der Waals surface area contributed by atoms with E-state index in [9.17, 15) is 14.4 Å². The third kappa shape index (κ3) is 8.83. The monoisotopic (exact) mass is 442 g/mol. The second-order valence-corrected chi connectivity index (χ2v) is 7.41. The number of thiocarbonyl (C=S) groups is 1. The van der Waals surface area contributed by atoms with Crippen molar-refractivity contribution >= 4 is 40.7 Å². The Bertz CT molecular complexity index is 960. The molecule has 2 rings (SSSR count). The zero-order valence-electron chi connectivity index (χ0n) is 17.7. The highest BCUT2D eigenvalue weighted by Crippen LogP contribution is 2.14. The molecular formula is C22H26N4O4S. The molecule has 4 N–H and O–H groups in total. The molecule has 0 aromatic heterocycles. The van der Waals surface area contributed by atoms with Crippen LogP contribution in [-0.4, -0.2) is 29.4 Å². The number of hydrogen-bond donors (Lipinski definition) is 4. The molecule has 0 atom stereocenters. The Morgan fingerprint density at radius 1 is 0.839 bits per heavy atom. The molecule has 31 heavy (non-hydrogen) atoms. The molecule has 164 valence electrons. The maximum absolute atomic E-state index is 12.0. The third-order valence-corrected chi connectivity index (χ3v) is 4.53. The van der Waals surface area contributed by atoms with E-state index < -0.39 is 11.8 Å². The highest BCUT2D eigenvalue weighted by molar-refractivity contribution is 7.80. The maximum Gasteiger partial charge on any atom is 0.264 e. The van der Waals surface area contributed by atoms with Crippen LogP contribution in [0.3, 0.4) is 0 Å². The number of ether oxygens (including phenoxy) is 1. The first kappa shape index (κ1) is 23.8. The summed E-state index contributed by atoms with van der Waals surface area (Å²) in [5, 5.41) is 5.06. The first-order valence-corrected chi connectivity index (χ1v) is 10.1. The fourth-order valence-electron chi connectivity index (χ4n) is 2.44. The molecule has 0 fully saturated rings. The van der Waals surface area contributed by atoms with Gasteiger partial charge in [0.2, 0.25) is 11.8 Å². The van der Waals surface area contributed by atoms with Crippen molar-refractivity contribution in [2.24, 2.45) is 0 Å². The van der Waals surface area contributed by atoms with Crippen molar-refractivity contribution in [3.8, 4) is 5.75 Å². The molecule has 0 saturated heterocycles. The van der Waals surface area contributed by atoms with Crippen LogP contribution in [0.2, 0.25) is 0 Å².